The van der Waals surface area contributed by atoms with Crippen molar-refractivity contribution in [1.82, 2.24) is 0 Å². The SMILES string of the molecule is Cc1ccc(O)c(C(CC[N+](C)(C(C)C)C(C)C)c2cc(C)ccc2O)c1. The van der Waals surface area contributed by atoms with Gasteiger partial charge in [-0.05, 0) is 53.7 Å². The molecule has 0 saturated carbocycles. The molecule has 0 heterocycles. The van der Waals surface area contributed by atoms with Gasteiger partial charge in [0.15, 0.2) is 0 Å². The highest BCUT2D eigenvalue weighted by molar-refractivity contribution is 5.48. The summed E-state index contributed by atoms with van der Waals surface area (Å²) in [6.45, 7) is 14.1. The first-order valence-corrected chi connectivity index (χ1v) is 10.00. The molecule has 0 unspecified atom stereocenters. The summed E-state index contributed by atoms with van der Waals surface area (Å²) < 4.78 is 0.954. The molecule has 148 valence electrons. The number of nitrogens with zero attached hydrogens (tertiary/aromatic N) is 1. The normalized spacial score (nSPS) is 12.4. The minimum atomic E-state index is -0.0419. The maximum Gasteiger partial charge on any atom is 0.119 e. The molecule has 0 aliphatic carbocycles. The maximum absolute atomic E-state index is 10.6. The minimum Gasteiger partial charge on any atom is -0.508 e. The van der Waals surface area contributed by atoms with Gasteiger partial charge in [-0.25, -0.2) is 0 Å². The van der Waals surface area contributed by atoms with Crippen molar-refractivity contribution in [3.8, 4) is 11.5 Å². The molecule has 0 aromatic heterocycles. The minimum absolute atomic E-state index is 0.0419. The van der Waals surface area contributed by atoms with Gasteiger partial charge in [0.25, 0.3) is 0 Å². The third-order valence-corrected chi connectivity index (χ3v) is 6.38. The predicted octanol–water partition coefficient (Wildman–Crippen LogP) is 5.50. The summed E-state index contributed by atoms with van der Waals surface area (Å²) in [6, 6.07) is 12.5. The number of hydrogen-bond acceptors (Lipinski definition) is 2. The Bertz CT molecular complexity index is 720. The third kappa shape index (κ3) is 4.65. The summed E-state index contributed by atoms with van der Waals surface area (Å²) in [4.78, 5) is 0. The highest BCUT2D eigenvalue weighted by Crippen LogP contribution is 2.39. The van der Waals surface area contributed by atoms with E-state index in [9.17, 15) is 10.2 Å². The second-order valence-electron chi connectivity index (χ2n) is 8.72. The van der Waals surface area contributed by atoms with Crippen molar-refractivity contribution < 1.29 is 14.7 Å². The fraction of sp³-hybridized carbons (Fsp3) is 0.500. The van der Waals surface area contributed by atoms with Crippen molar-refractivity contribution in [3.63, 3.8) is 0 Å². The first-order valence-electron chi connectivity index (χ1n) is 10.00. The highest BCUT2D eigenvalue weighted by atomic mass is 16.3. The Labute approximate surface area is 164 Å². The zero-order valence-corrected chi connectivity index (χ0v) is 18.0. The van der Waals surface area contributed by atoms with Crippen LogP contribution in [-0.2, 0) is 0 Å². The molecule has 0 saturated heterocycles. The summed E-state index contributed by atoms with van der Waals surface area (Å²) in [7, 11) is 2.30. The van der Waals surface area contributed by atoms with Crippen LogP contribution >= 0.6 is 0 Å². The van der Waals surface area contributed by atoms with Crippen LogP contribution in [0.15, 0.2) is 36.4 Å². The average molecular weight is 371 g/mol. The molecule has 2 N–H and O–H groups in total. The summed E-state index contributed by atoms with van der Waals surface area (Å²) >= 11 is 0. The van der Waals surface area contributed by atoms with E-state index in [-0.39, 0.29) is 5.92 Å². The smallest absolute Gasteiger partial charge is 0.119 e. The first kappa shape index (κ1) is 21.3. The fourth-order valence-corrected chi connectivity index (χ4v) is 3.90. The first-order chi connectivity index (χ1) is 12.6. The molecule has 2 aromatic carbocycles. The molecule has 3 heteroatoms. The Kier molecular flexibility index (Phi) is 6.59. The lowest BCUT2D eigenvalue weighted by molar-refractivity contribution is -0.949. The van der Waals surface area contributed by atoms with Crippen LogP contribution in [0.3, 0.4) is 0 Å². The van der Waals surface area contributed by atoms with E-state index in [0.717, 1.165) is 39.7 Å². The van der Waals surface area contributed by atoms with E-state index < -0.39 is 0 Å². The zero-order chi connectivity index (χ0) is 20.4. The van der Waals surface area contributed by atoms with Crippen LogP contribution in [0.5, 0.6) is 11.5 Å². The van der Waals surface area contributed by atoms with Crippen molar-refractivity contribution in [2.24, 2.45) is 0 Å². The number of aromatic hydroxyl groups is 2. The Balaban J connectivity index is 2.51. The monoisotopic (exact) mass is 370 g/mol. The lowest BCUT2D eigenvalue weighted by Gasteiger charge is -2.43. The van der Waals surface area contributed by atoms with E-state index >= 15 is 0 Å². The standard InChI is InChI=1S/C24H35NO2/c1-16(2)25(7,17(3)4)13-12-20(21-14-18(5)8-10-23(21)26)22-15-19(6)9-11-24(22)27/h8-11,14-17,20H,12-13H2,1-7H3,(H-,26,27)/p+1. The molecule has 0 amide bonds. The quantitative estimate of drug-likeness (QED) is 0.632. The van der Waals surface area contributed by atoms with E-state index in [1.54, 1.807) is 12.1 Å². The Morgan fingerprint density at radius 1 is 0.778 bits per heavy atom. The van der Waals surface area contributed by atoms with E-state index in [1.165, 1.54) is 0 Å². The number of benzene rings is 2. The molecular formula is C24H36NO2+. The topological polar surface area (TPSA) is 40.5 Å². The molecule has 0 fully saturated rings. The van der Waals surface area contributed by atoms with Gasteiger partial charge in [0.2, 0.25) is 0 Å². The summed E-state index contributed by atoms with van der Waals surface area (Å²) in [5.74, 6) is 0.560. The van der Waals surface area contributed by atoms with Crippen molar-refractivity contribution >= 4 is 0 Å². The number of aryl methyl sites for hydroxylation is 2. The van der Waals surface area contributed by atoms with Gasteiger partial charge in [-0.1, -0.05) is 35.4 Å². The lowest BCUT2D eigenvalue weighted by atomic mass is 9.85. The second kappa shape index (κ2) is 8.35. The van der Waals surface area contributed by atoms with Gasteiger partial charge < -0.3 is 14.7 Å². The Morgan fingerprint density at radius 3 is 1.56 bits per heavy atom. The number of quaternary nitrogens is 1. The average Bonchev–Trinajstić information content (AvgIpc) is 2.60. The van der Waals surface area contributed by atoms with Crippen molar-refractivity contribution in [2.45, 2.75) is 66.0 Å². The van der Waals surface area contributed by atoms with Gasteiger partial charge in [-0.15, -0.1) is 0 Å². The number of rotatable bonds is 7. The molecule has 2 aromatic rings. The van der Waals surface area contributed by atoms with Crippen LogP contribution in [-0.4, -0.2) is 40.4 Å². The molecule has 0 atom stereocenters. The van der Waals surface area contributed by atoms with Gasteiger partial charge in [-0.2, -0.15) is 0 Å². The van der Waals surface area contributed by atoms with Crippen molar-refractivity contribution in [1.29, 1.82) is 0 Å². The van der Waals surface area contributed by atoms with Crippen LogP contribution in [0.4, 0.5) is 0 Å². The molecule has 0 bridgehead atoms. The largest absolute Gasteiger partial charge is 0.508 e. The zero-order valence-electron chi connectivity index (χ0n) is 18.0. The maximum atomic E-state index is 10.6. The summed E-state index contributed by atoms with van der Waals surface area (Å²) in [6.07, 6.45) is 0.862. The van der Waals surface area contributed by atoms with E-state index in [1.807, 2.05) is 26.0 Å². The van der Waals surface area contributed by atoms with Crippen LogP contribution in [0.1, 0.15) is 62.3 Å². The summed E-state index contributed by atoms with van der Waals surface area (Å²) in [5.41, 5.74) is 4.03. The van der Waals surface area contributed by atoms with Crippen molar-refractivity contribution in [3.05, 3.63) is 58.7 Å². The van der Waals surface area contributed by atoms with Gasteiger partial charge in [0, 0.05) is 23.5 Å². The number of phenolic OH excluding ortho intramolecular Hbond substituents is 2. The van der Waals surface area contributed by atoms with Crippen molar-refractivity contribution in [2.75, 3.05) is 13.6 Å². The van der Waals surface area contributed by atoms with Crippen LogP contribution in [0, 0.1) is 13.8 Å². The number of hydrogen-bond donors (Lipinski definition) is 2. The van der Waals surface area contributed by atoms with Crippen LogP contribution < -0.4 is 0 Å². The fourth-order valence-electron chi connectivity index (χ4n) is 3.90. The molecule has 27 heavy (non-hydrogen) atoms. The second-order valence-corrected chi connectivity index (χ2v) is 8.72. The van der Waals surface area contributed by atoms with Gasteiger partial charge >= 0.3 is 0 Å². The molecule has 0 radical (unpaired) electrons. The summed E-state index contributed by atoms with van der Waals surface area (Å²) in [5, 5.41) is 21.2. The molecule has 0 aliphatic rings. The molecule has 2 rings (SSSR count). The molecule has 0 aliphatic heterocycles. The predicted molar refractivity (Wildman–Crippen MR) is 113 cm³/mol. The molecule has 3 nitrogen and oxygen atoms in total. The lowest BCUT2D eigenvalue weighted by Crippen LogP contribution is -2.55. The molecule has 0 spiro atoms. The van der Waals surface area contributed by atoms with Gasteiger partial charge in [0.1, 0.15) is 11.5 Å². The van der Waals surface area contributed by atoms with Crippen LogP contribution in [0.2, 0.25) is 0 Å². The highest BCUT2D eigenvalue weighted by Gasteiger charge is 2.32. The van der Waals surface area contributed by atoms with E-state index in [4.69, 9.17) is 0 Å². The van der Waals surface area contributed by atoms with E-state index in [0.29, 0.717) is 23.6 Å². The van der Waals surface area contributed by atoms with Crippen LogP contribution in [0.25, 0.3) is 0 Å². The number of phenols is 2. The Hall–Kier alpha value is -2.00. The van der Waals surface area contributed by atoms with Gasteiger partial charge in [-0.3, -0.25) is 0 Å². The Morgan fingerprint density at radius 2 is 1.19 bits per heavy atom. The molecular weight excluding hydrogens is 334 g/mol. The van der Waals surface area contributed by atoms with E-state index in [2.05, 4.69) is 46.9 Å². The van der Waals surface area contributed by atoms with Gasteiger partial charge in [0.05, 0.1) is 25.7 Å². The third-order valence-electron chi connectivity index (χ3n) is 6.38.